The smallest absolute Gasteiger partial charge is 0.231 e. The number of nitrogens with one attached hydrogen (secondary N) is 1. The van der Waals surface area contributed by atoms with Gasteiger partial charge in [-0.15, -0.1) is 0 Å². The van der Waals surface area contributed by atoms with Crippen LogP contribution in [0.3, 0.4) is 0 Å². The normalized spacial score (nSPS) is 12.4. The van der Waals surface area contributed by atoms with Crippen molar-refractivity contribution < 1.29 is 14.2 Å². The van der Waals surface area contributed by atoms with Crippen molar-refractivity contribution in [2.24, 2.45) is 0 Å². The SMILES string of the molecule is COc1c(C)c(C)cc2c(NCc3ccc4c(c3)OCO4)ncnc12. The van der Waals surface area contributed by atoms with E-state index in [1.807, 2.05) is 25.1 Å². The van der Waals surface area contributed by atoms with Crippen molar-refractivity contribution in [3.8, 4) is 17.2 Å². The molecule has 0 unspecified atom stereocenters. The maximum atomic E-state index is 5.56. The average Bonchev–Trinajstić information content (AvgIpc) is 3.09. The Balaban J connectivity index is 1.66. The van der Waals surface area contributed by atoms with Gasteiger partial charge in [0, 0.05) is 11.9 Å². The zero-order valence-electron chi connectivity index (χ0n) is 14.4. The summed E-state index contributed by atoms with van der Waals surface area (Å²) in [5.41, 5.74) is 4.14. The molecule has 0 spiro atoms. The molecule has 2 aromatic carbocycles. The van der Waals surface area contributed by atoms with Gasteiger partial charge in [0.05, 0.1) is 7.11 Å². The molecule has 1 aliphatic rings. The van der Waals surface area contributed by atoms with Crippen LogP contribution in [-0.4, -0.2) is 23.9 Å². The standard InChI is InChI=1S/C19H19N3O3/c1-11-6-14-17(18(23-3)12(11)2)21-9-22-19(14)20-8-13-4-5-15-16(7-13)25-10-24-15/h4-7,9H,8,10H2,1-3H3,(H,20,21,22). The summed E-state index contributed by atoms with van der Waals surface area (Å²) >= 11 is 0. The number of nitrogens with zero attached hydrogens (tertiary/aromatic N) is 2. The van der Waals surface area contributed by atoms with Gasteiger partial charge in [0.25, 0.3) is 0 Å². The van der Waals surface area contributed by atoms with Gasteiger partial charge >= 0.3 is 0 Å². The molecule has 0 amide bonds. The first-order valence-corrected chi connectivity index (χ1v) is 8.08. The fourth-order valence-corrected chi connectivity index (χ4v) is 3.02. The number of fused-ring (bicyclic) bond motifs is 2. The van der Waals surface area contributed by atoms with Crippen LogP contribution >= 0.6 is 0 Å². The lowest BCUT2D eigenvalue weighted by Gasteiger charge is -2.14. The Morgan fingerprint density at radius 1 is 1.12 bits per heavy atom. The number of hydrogen-bond acceptors (Lipinski definition) is 6. The number of ether oxygens (including phenoxy) is 3. The molecular formula is C19H19N3O3. The molecule has 128 valence electrons. The van der Waals surface area contributed by atoms with Gasteiger partial charge in [0.2, 0.25) is 6.79 Å². The van der Waals surface area contributed by atoms with Crippen molar-refractivity contribution in [1.29, 1.82) is 0 Å². The van der Waals surface area contributed by atoms with E-state index in [1.54, 1.807) is 13.4 Å². The molecule has 25 heavy (non-hydrogen) atoms. The minimum Gasteiger partial charge on any atom is -0.494 e. The van der Waals surface area contributed by atoms with Crippen LogP contribution in [-0.2, 0) is 6.54 Å². The highest BCUT2D eigenvalue weighted by Crippen LogP contribution is 2.34. The number of aromatic nitrogens is 2. The van der Waals surface area contributed by atoms with E-state index in [4.69, 9.17) is 14.2 Å². The highest BCUT2D eigenvalue weighted by atomic mass is 16.7. The van der Waals surface area contributed by atoms with Crippen molar-refractivity contribution in [3.63, 3.8) is 0 Å². The Bertz CT molecular complexity index is 956. The minimum absolute atomic E-state index is 0.279. The largest absolute Gasteiger partial charge is 0.494 e. The van der Waals surface area contributed by atoms with Crippen molar-refractivity contribution in [2.75, 3.05) is 19.2 Å². The number of hydrogen-bond donors (Lipinski definition) is 1. The van der Waals surface area contributed by atoms with Crippen LogP contribution in [0.5, 0.6) is 17.2 Å². The van der Waals surface area contributed by atoms with E-state index in [-0.39, 0.29) is 6.79 Å². The highest BCUT2D eigenvalue weighted by molar-refractivity contribution is 5.94. The number of anilines is 1. The lowest BCUT2D eigenvalue weighted by atomic mass is 10.0. The summed E-state index contributed by atoms with van der Waals surface area (Å²) in [5.74, 6) is 3.14. The molecule has 0 bridgehead atoms. The topological polar surface area (TPSA) is 65.5 Å². The average molecular weight is 337 g/mol. The number of aryl methyl sites for hydroxylation is 1. The summed E-state index contributed by atoms with van der Waals surface area (Å²) in [6.07, 6.45) is 1.56. The zero-order valence-corrected chi connectivity index (χ0v) is 14.4. The number of rotatable bonds is 4. The van der Waals surface area contributed by atoms with E-state index in [9.17, 15) is 0 Å². The third-order valence-corrected chi connectivity index (χ3v) is 4.49. The van der Waals surface area contributed by atoms with E-state index in [0.29, 0.717) is 6.54 Å². The molecule has 6 nitrogen and oxygen atoms in total. The first-order chi connectivity index (χ1) is 12.2. The van der Waals surface area contributed by atoms with Gasteiger partial charge in [0.15, 0.2) is 11.5 Å². The van der Waals surface area contributed by atoms with E-state index in [1.165, 1.54) is 0 Å². The van der Waals surface area contributed by atoms with Gasteiger partial charge in [-0.3, -0.25) is 0 Å². The molecule has 3 aromatic rings. The predicted molar refractivity (Wildman–Crippen MR) is 95.5 cm³/mol. The Morgan fingerprint density at radius 3 is 2.80 bits per heavy atom. The Labute approximate surface area is 145 Å². The molecule has 1 N–H and O–H groups in total. The van der Waals surface area contributed by atoms with E-state index < -0.39 is 0 Å². The van der Waals surface area contributed by atoms with Gasteiger partial charge in [-0.2, -0.15) is 0 Å². The van der Waals surface area contributed by atoms with Crippen molar-refractivity contribution in [2.45, 2.75) is 20.4 Å². The van der Waals surface area contributed by atoms with Gasteiger partial charge < -0.3 is 19.5 Å². The third-order valence-electron chi connectivity index (χ3n) is 4.49. The molecule has 4 rings (SSSR count). The molecule has 6 heteroatoms. The molecule has 0 saturated heterocycles. The van der Waals surface area contributed by atoms with Crippen LogP contribution < -0.4 is 19.5 Å². The van der Waals surface area contributed by atoms with Crippen LogP contribution in [0.1, 0.15) is 16.7 Å². The maximum Gasteiger partial charge on any atom is 0.231 e. The minimum atomic E-state index is 0.279. The molecule has 0 aliphatic carbocycles. The summed E-state index contributed by atoms with van der Waals surface area (Å²) in [5, 5.41) is 4.34. The first kappa shape index (κ1) is 15.5. The second-order valence-corrected chi connectivity index (χ2v) is 6.01. The van der Waals surface area contributed by atoms with Crippen LogP contribution in [0.25, 0.3) is 10.9 Å². The fraction of sp³-hybridized carbons (Fsp3) is 0.263. The van der Waals surface area contributed by atoms with Crippen LogP contribution in [0.15, 0.2) is 30.6 Å². The molecule has 0 radical (unpaired) electrons. The van der Waals surface area contributed by atoms with E-state index in [2.05, 4.69) is 28.3 Å². The summed E-state index contributed by atoms with van der Waals surface area (Å²) in [7, 11) is 1.67. The van der Waals surface area contributed by atoms with Crippen LogP contribution in [0.2, 0.25) is 0 Å². The predicted octanol–water partition coefficient (Wildman–Crippen LogP) is 3.60. The Morgan fingerprint density at radius 2 is 1.96 bits per heavy atom. The van der Waals surface area contributed by atoms with Crippen molar-refractivity contribution in [3.05, 3.63) is 47.3 Å². The monoisotopic (exact) mass is 337 g/mol. The van der Waals surface area contributed by atoms with Crippen LogP contribution in [0, 0.1) is 13.8 Å². The molecule has 2 heterocycles. The fourth-order valence-electron chi connectivity index (χ4n) is 3.02. The highest BCUT2D eigenvalue weighted by Gasteiger charge is 2.15. The Kier molecular flexibility index (Phi) is 3.80. The third kappa shape index (κ3) is 2.69. The molecule has 0 fully saturated rings. The number of methoxy groups -OCH3 is 1. The zero-order chi connectivity index (χ0) is 17.4. The second kappa shape index (κ2) is 6.12. The summed E-state index contributed by atoms with van der Waals surface area (Å²) in [6, 6.07) is 8.01. The summed E-state index contributed by atoms with van der Waals surface area (Å²) < 4.78 is 16.3. The molecule has 0 saturated carbocycles. The van der Waals surface area contributed by atoms with E-state index >= 15 is 0 Å². The lowest BCUT2D eigenvalue weighted by Crippen LogP contribution is -2.04. The van der Waals surface area contributed by atoms with Gasteiger partial charge in [-0.05, 0) is 48.7 Å². The number of benzene rings is 2. The van der Waals surface area contributed by atoms with Crippen molar-refractivity contribution >= 4 is 16.7 Å². The van der Waals surface area contributed by atoms with Gasteiger partial charge in [-0.1, -0.05) is 6.07 Å². The summed E-state index contributed by atoms with van der Waals surface area (Å²) in [4.78, 5) is 8.81. The molecule has 1 aromatic heterocycles. The van der Waals surface area contributed by atoms with Gasteiger partial charge in [-0.25, -0.2) is 9.97 Å². The molecule has 0 atom stereocenters. The maximum absolute atomic E-state index is 5.56. The van der Waals surface area contributed by atoms with Gasteiger partial charge in [0.1, 0.15) is 23.4 Å². The quantitative estimate of drug-likeness (QED) is 0.785. The van der Waals surface area contributed by atoms with Crippen LogP contribution in [0.4, 0.5) is 5.82 Å². The molecular weight excluding hydrogens is 318 g/mol. The van der Waals surface area contributed by atoms with Crippen molar-refractivity contribution in [1.82, 2.24) is 9.97 Å². The summed E-state index contributed by atoms with van der Waals surface area (Å²) in [6.45, 7) is 5.00. The Hall–Kier alpha value is -3.02. The first-order valence-electron chi connectivity index (χ1n) is 8.08. The lowest BCUT2D eigenvalue weighted by molar-refractivity contribution is 0.174. The van der Waals surface area contributed by atoms with E-state index in [0.717, 1.165) is 50.7 Å². The second-order valence-electron chi connectivity index (χ2n) is 6.01. The molecule has 1 aliphatic heterocycles.